The highest BCUT2D eigenvalue weighted by Crippen LogP contribution is 2.38. The number of rotatable bonds is 2. The fraction of sp³-hybridized carbons (Fsp3) is 0.0769. The summed E-state index contributed by atoms with van der Waals surface area (Å²) in [5.41, 5.74) is 1.83. The number of alkyl halides is 1. The molecule has 18 heavy (non-hydrogen) atoms. The van der Waals surface area contributed by atoms with Gasteiger partial charge in [-0.3, -0.25) is 0 Å². The second-order valence-corrected chi connectivity index (χ2v) is 6.62. The Labute approximate surface area is 137 Å². The molecule has 0 saturated carbocycles. The van der Waals surface area contributed by atoms with E-state index in [1.54, 1.807) is 18.2 Å². The molecule has 0 heterocycles. The van der Waals surface area contributed by atoms with Gasteiger partial charge < -0.3 is 0 Å². The van der Waals surface area contributed by atoms with Gasteiger partial charge in [0, 0.05) is 13.6 Å². The van der Waals surface area contributed by atoms with Crippen LogP contribution in [0.25, 0.3) is 0 Å². The summed E-state index contributed by atoms with van der Waals surface area (Å²) in [6, 6.07) is 9.97. The largest absolute Gasteiger partial charge is 0.207 e. The van der Waals surface area contributed by atoms with E-state index in [0.717, 1.165) is 14.7 Å². The molecule has 94 valence electrons. The Hall–Kier alpha value is 0.160. The predicted molar refractivity (Wildman–Crippen MR) is 86.3 cm³/mol. The fourth-order valence-electron chi connectivity index (χ4n) is 1.58. The predicted octanol–water partition coefficient (Wildman–Crippen LogP) is 6.22. The zero-order valence-electron chi connectivity index (χ0n) is 8.93. The highest BCUT2D eigenvalue weighted by molar-refractivity contribution is 14.1. The number of halogens is 5. The van der Waals surface area contributed by atoms with Gasteiger partial charge in [0.15, 0.2) is 0 Å². The SMILES string of the molecule is Fc1ccc(C(Br)c2cc(Cl)ccc2Cl)c(I)c1. The van der Waals surface area contributed by atoms with Crippen LogP contribution in [0, 0.1) is 9.39 Å². The zero-order chi connectivity index (χ0) is 13.3. The van der Waals surface area contributed by atoms with Crippen LogP contribution in [0.3, 0.4) is 0 Å². The van der Waals surface area contributed by atoms with Gasteiger partial charge >= 0.3 is 0 Å². The van der Waals surface area contributed by atoms with Crippen molar-refractivity contribution in [2.24, 2.45) is 0 Å². The van der Waals surface area contributed by atoms with Gasteiger partial charge in [0.2, 0.25) is 0 Å². The summed E-state index contributed by atoms with van der Waals surface area (Å²) in [6.45, 7) is 0. The molecule has 0 aromatic heterocycles. The van der Waals surface area contributed by atoms with Crippen molar-refractivity contribution in [3.8, 4) is 0 Å². The molecule has 1 unspecified atom stereocenters. The molecule has 0 bridgehead atoms. The topological polar surface area (TPSA) is 0 Å². The third kappa shape index (κ3) is 3.18. The van der Waals surface area contributed by atoms with Gasteiger partial charge in [-0.25, -0.2) is 4.39 Å². The highest BCUT2D eigenvalue weighted by Gasteiger charge is 2.17. The van der Waals surface area contributed by atoms with Crippen LogP contribution in [0.4, 0.5) is 4.39 Å². The molecular weight excluding hydrogens is 453 g/mol. The Morgan fingerprint density at radius 1 is 1.06 bits per heavy atom. The maximum Gasteiger partial charge on any atom is 0.124 e. The van der Waals surface area contributed by atoms with Crippen molar-refractivity contribution in [3.63, 3.8) is 0 Å². The smallest absolute Gasteiger partial charge is 0.124 e. The molecule has 2 rings (SSSR count). The van der Waals surface area contributed by atoms with E-state index in [2.05, 4.69) is 38.5 Å². The molecule has 0 amide bonds. The molecule has 0 aliphatic carbocycles. The Morgan fingerprint density at radius 3 is 2.44 bits per heavy atom. The summed E-state index contributed by atoms with van der Waals surface area (Å²) < 4.78 is 13.9. The molecule has 0 aliphatic rings. The average molecular weight is 460 g/mol. The van der Waals surface area contributed by atoms with Gasteiger partial charge in [0.25, 0.3) is 0 Å². The van der Waals surface area contributed by atoms with Gasteiger partial charge in [-0.1, -0.05) is 45.2 Å². The number of hydrogen-bond acceptors (Lipinski definition) is 0. The molecule has 0 saturated heterocycles. The van der Waals surface area contributed by atoms with Crippen molar-refractivity contribution < 1.29 is 4.39 Å². The maximum absolute atomic E-state index is 13.1. The first kappa shape index (κ1) is 14.6. The summed E-state index contributed by atoms with van der Waals surface area (Å²) >= 11 is 17.8. The van der Waals surface area contributed by atoms with Crippen LogP contribution in [0.15, 0.2) is 36.4 Å². The van der Waals surface area contributed by atoms with Gasteiger partial charge in [-0.05, 0) is 64.0 Å². The van der Waals surface area contributed by atoms with E-state index in [4.69, 9.17) is 23.2 Å². The second-order valence-electron chi connectivity index (χ2n) is 3.69. The van der Waals surface area contributed by atoms with E-state index in [0.29, 0.717) is 10.0 Å². The number of benzene rings is 2. The lowest BCUT2D eigenvalue weighted by atomic mass is 10.0. The lowest BCUT2D eigenvalue weighted by molar-refractivity contribution is 0.626. The molecule has 2 aromatic carbocycles. The van der Waals surface area contributed by atoms with E-state index in [1.165, 1.54) is 12.1 Å². The Morgan fingerprint density at radius 2 is 1.78 bits per heavy atom. The summed E-state index contributed by atoms with van der Waals surface area (Å²) in [5, 5.41) is 1.25. The average Bonchev–Trinajstić information content (AvgIpc) is 2.31. The van der Waals surface area contributed by atoms with Crippen LogP contribution in [-0.2, 0) is 0 Å². The van der Waals surface area contributed by atoms with Crippen LogP contribution in [-0.4, -0.2) is 0 Å². The van der Waals surface area contributed by atoms with Crippen LogP contribution in [0.2, 0.25) is 10.0 Å². The first-order valence-electron chi connectivity index (χ1n) is 5.03. The molecule has 0 radical (unpaired) electrons. The van der Waals surface area contributed by atoms with Crippen molar-refractivity contribution in [3.05, 3.63) is 67.0 Å². The first-order valence-corrected chi connectivity index (χ1v) is 7.78. The van der Waals surface area contributed by atoms with Gasteiger partial charge in [-0.15, -0.1) is 0 Å². The maximum atomic E-state index is 13.1. The van der Waals surface area contributed by atoms with E-state index in [9.17, 15) is 4.39 Å². The monoisotopic (exact) mass is 458 g/mol. The van der Waals surface area contributed by atoms with Crippen molar-refractivity contribution in [1.29, 1.82) is 0 Å². The van der Waals surface area contributed by atoms with Crippen molar-refractivity contribution in [1.82, 2.24) is 0 Å². The quantitative estimate of drug-likeness (QED) is 0.369. The standard InChI is InChI=1S/C13H7BrCl2FI/c14-13(9-3-2-8(17)6-12(9)18)10-5-7(15)1-4-11(10)16/h1-6,13H. The van der Waals surface area contributed by atoms with Crippen molar-refractivity contribution in [2.45, 2.75) is 4.83 Å². The summed E-state index contributed by atoms with van der Waals surface area (Å²) in [5.74, 6) is -0.250. The highest BCUT2D eigenvalue weighted by atomic mass is 127. The minimum Gasteiger partial charge on any atom is -0.207 e. The van der Waals surface area contributed by atoms with Crippen molar-refractivity contribution >= 4 is 61.7 Å². The lowest BCUT2D eigenvalue weighted by Crippen LogP contribution is -1.97. The van der Waals surface area contributed by atoms with Gasteiger partial charge in [-0.2, -0.15) is 0 Å². The zero-order valence-corrected chi connectivity index (χ0v) is 14.2. The van der Waals surface area contributed by atoms with Gasteiger partial charge in [0.1, 0.15) is 5.82 Å². The third-order valence-corrected chi connectivity index (χ3v) is 4.97. The van der Waals surface area contributed by atoms with E-state index >= 15 is 0 Å². The molecule has 0 spiro atoms. The van der Waals surface area contributed by atoms with E-state index in [-0.39, 0.29) is 10.6 Å². The lowest BCUT2D eigenvalue weighted by Gasteiger charge is -2.14. The molecule has 0 N–H and O–H groups in total. The first-order chi connectivity index (χ1) is 8.49. The van der Waals surface area contributed by atoms with Gasteiger partial charge in [0.05, 0.1) is 4.83 Å². The van der Waals surface area contributed by atoms with E-state index < -0.39 is 0 Å². The third-order valence-electron chi connectivity index (χ3n) is 2.47. The fourth-order valence-corrected chi connectivity index (χ4v) is 4.12. The number of hydrogen-bond donors (Lipinski definition) is 0. The van der Waals surface area contributed by atoms with Crippen LogP contribution >= 0.6 is 61.7 Å². The molecule has 2 aromatic rings. The van der Waals surface area contributed by atoms with Crippen LogP contribution < -0.4 is 0 Å². The summed E-state index contributed by atoms with van der Waals surface area (Å²) in [6.07, 6.45) is 0. The molecule has 0 fully saturated rings. The minimum absolute atomic E-state index is 0.115. The normalized spacial score (nSPS) is 12.5. The summed E-state index contributed by atoms with van der Waals surface area (Å²) in [4.78, 5) is -0.115. The molecular formula is C13H7BrCl2FI. The Kier molecular flexibility index (Phi) is 4.92. The summed E-state index contributed by atoms with van der Waals surface area (Å²) in [7, 11) is 0. The van der Waals surface area contributed by atoms with Crippen LogP contribution in [0.1, 0.15) is 16.0 Å². The molecule has 0 nitrogen and oxygen atoms in total. The Balaban J connectivity index is 2.47. The molecule has 0 aliphatic heterocycles. The van der Waals surface area contributed by atoms with Crippen LogP contribution in [0.5, 0.6) is 0 Å². The minimum atomic E-state index is -0.250. The molecule has 5 heteroatoms. The van der Waals surface area contributed by atoms with Crippen molar-refractivity contribution in [2.75, 3.05) is 0 Å². The molecule has 1 atom stereocenters. The Bertz CT molecular complexity index is 589. The second kappa shape index (κ2) is 6.07. The van der Waals surface area contributed by atoms with E-state index in [1.807, 2.05) is 6.07 Å².